The Kier molecular flexibility index (Phi) is 3.91. The minimum atomic E-state index is 0.793. The van der Waals surface area contributed by atoms with Crippen molar-refractivity contribution in [2.24, 2.45) is 0 Å². The summed E-state index contributed by atoms with van der Waals surface area (Å²) in [4.78, 5) is 4.21. The van der Waals surface area contributed by atoms with Crippen molar-refractivity contribution in [2.75, 3.05) is 7.11 Å². The third-order valence-corrected chi connectivity index (χ3v) is 2.93. The van der Waals surface area contributed by atoms with Gasteiger partial charge in [0, 0.05) is 24.0 Å². The number of ether oxygens (including phenoxy) is 1. The molecule has 4 heteroatoms. The molecule has 0 saturated carbocycles. The number of benzene rings is 1. The van der Waals surface area contributed by atoms with Gasteiger partial charge in [-0.1, -0.05) is 18.2 Å². The van der Waals surface area contributed by atoms with E-state index < -0.39 is 0 Å². The Hall–Kier alpha value is -1.39. The summed E-state index contributed by atoms with van der Waals surface area (Å²) in [6.45, 7) is 1.59. The maximum atomic E-state index is 5.28. The number of thiazole rings is 1. The fraction of sp³-hybridized carbons (Fsp3) is 0.250. The molecule has 2 aromatic rings. The van der Waals surface area contributed by atoms with E-state index in [9.17, 15) is 0 Å². The number of hydrogen-bond acceptors (Lipinski definition) is 4. The third kappa shape index (κ3) is 2.81. The Balaban J connectivity index is 1.89. The van der Waals surface area contributed by atoms with Crippen LogP contribution >= 0.6 is 11.3 Å². The molecule has 16 heavy (non-hydrogen) atoms. The molecule has 1 aromatic carbocycles. The Labute approximate surface area is 99.1 Å². The van der Waals surface area contributed by atoms with E-state index in [1.807, 2.05) is 23.7 Å². The number of para-hydroxylation sites is 1. The van der Waals surface area contributed by atoms with Crippen LogP contribution in [0.15, 0.2) is 35.2 Å². The van der Waals surface area contributed by atoms with Gasteiger partial charge < -0.3 is 10.1 Å². The quantitative estimate of drug-likeness (QED) is 0.862. The highest BCUT2D eigenvalue weighted by Gasteiger charge is 2.01. The molecule has 0 fully saturated rings. The van der Waals surface area contributed by atoms with E-state index in [0.717, 1.165) is 24.5 Å². The maximum absolute atomic E-state index is 5.28. The Morgan fingerprint density at radius 2 is 2.19 bits per heavy atom. The van der Waals surface area contributed by atoms with Crippen molar-refractivity contribution in [3.05, 3.63) is 46.4 Å². The summed E-state index contributed by atoms with van der Waals surface area (Å²) in [5.74, 6) is 0.924. The van der Waals surface area contributed by atoms with Gasteiger partial charge in [-0.25, -0.2) is 4.98 Å². The van der Waals surface area contributed by atoms with Crippen LogP contribution in [0.2, 0.25) is 0 Å². The second-order valence-electron chi connectivity index (χ2n) is 3.40. The van der Waals surface area contributed by atoms with Crippen molar-refractivity contribution < 1.29 is 4.74 Å². The van der Waals surface area contributed by atoms with Crippen LogP contribution in [0.5, 0.6) is 5.75 Å². The zero-order valence-corrected chi connectivity index (χ0v) is 9.96. The predicted octanol–water partition coefficient (Wildman–Crippen LogP) is 2.44. The average Bonchev–Trinajstić information content (AvgIpc) is 2.83. The number of aromatic nitrogens is 1. The molecule has 0 aliphatic carbocycles. The van der Waals surface area contributed by atoms with Crippen LogP contribution in [-0.4, -0.2) is 12.1 Å². The highest BCUT2D eigenvalue weighted by atomic mass is 32.1. The molecule has 0 saturated heterocycles. The molecule has 0 spiro atoms. The lowest BCUT2D eigenvalue weighted by Crippen LogP contribution is -2.13. The molecule has 0 atom stereocenters. The van der Waals surface area contributed by atoms with Gasteiger partial charge in [-0.05, 0) is 6.07 Å². The predicted molar refractivity (Wildman–Crippen MR) is 65.7 cm³/mol. The Bertz CT molecular complexity index is 428. The smallest absolute Gasteiger partial charge is 0.123 e. The zero-order valence-electron chi connectivity index (χ0n) is 9.14. The average molecular weight is 234 g/mol. The first-order valence-corrected chi connectivity index (χ1v) is 6.04. The standard InChI is InChI=1S/C12H14N2OS/c1-15-12-5-3-2-4-10(12)6-13-7-11-8-16-9-14-11/h2-5,8-9,13H,6-7H2,1H3. The number of nitrogens with one attached hydrogen (secondary N) is 1. The summed E-state index contributed by atoms with van der Waals surface area (Å²) in [7, 11) is 1.69. The maximum Gasteiger partial charge on any atom is 0.123 e. The summed E-state index contributed by atoms with van der Waals surface area (Å²) in [6.07, 6.45) is 0. The molecule has 1 aromatic heterocycles. The van der Waals surface area contributed by atoms with Crippen LogP contribution in [0, 0.1) is 0 Å². The SMILES string of the molecule is COc1ccccc1CNCc1cscn1. The van der Waals surface area contributed by atoms with Crippen molar-refractivity contribution in [2.45, 2.75) is 13.1 Å². The lowest BCUT2D eigenvalue weighted by atomic mass is 10.2. The van der Waals surface area contributed by atoms with Gasteiger partial charge in [-0.2, -0.15) is 0 Å². The first-order valence-electron chi connectivity index (χ1n) is 5.10. The van der Waals surface area contributed by atoms with Crippen LogP contribution < -0.4 is 10.1 Å². The van der Waals surface area contributed by atoms with Gasteiger partial charge in [0.25, 0.3) is 0 Å². The first kappa shape index (κ1) is 11.1. The molecular formula is C12H14N2OS. The summed E-state index contributed by atoms with van der Waals surface area (Å²) >= 11 is 1.62. The first-order chi connectivity index (χ1) is 7.90. The summed E-state index contributed by atoms with van der Waals surface area (Å²) < 4.78 is 5.28. The van der Waals surface area contributed by atoms with Gasteiger partial charge in [0.05, 0.1) is 18.3 Å². The molecular weight excluding hydrogens is 220 g/mol. The summed E-state index contributed by atoms with van der Waals surface area (Å²) in [5.41, 5.74) is 4.10. The largest absolute Gasteiger partial charge is 0.496 e. The second kappa shape index (κ2) is 5.63. The van der Waals surface area contributed by atoms with E-state index in [1.165, 1.54) is 5.56 Å². The number of rotatable bonds is 5. The van der Waals surface area contributed by atoms with E-state index in [1.54, 1.807) is 18.4 Å². The van der Waals surface area contributed by atoms with Crippen molar-refractivity contribution in [1.29, 1.82) is 0 Å². The molecule has 0 amide bonds. The molecule has 0 radical (unpaired) electrons. The normalized spacial score (nSPS) is 10.3. The van der Waals surface area contributed by atoms with E-state index in [2.05, 4.69) is 21.7 Å². The monoisotopic (exact) mass is 234 g/mol. The van der Waals surface area contributed by atoms with Gasteiger partial charge >= 0.3 is 0 Å². The number of nitrogens with zero attached hydrogens (tertiary/aromatic N) is 1. The van der Waals surface area contributed by atoms with Crippen molar-refractivity contribution >= 4 is 11.3 Å². The zero-order chi connectivity index (χ0) is 11.2. The fourth-order valence-corrected chi connectivity index (χ4v) is 2.06. The lowest BCUT2D eigenvalue weighted by Gasteiger charge is -2.08. The molecule has 2 rings (SSSR count). The topological polar surface area (TPSA) is 34.1 Å². The molecule has 3 nitrogen and oxygen atoms in total. The van der Waals surface area contributed by atoms with Crippen molar-refractivity contribution in [1.82, 2.24) is 10.3 Å². The van der Waals surface area contributed by atoms with Crippen LogP contribution in [0.1, 0.15) is 11.3 Å². The van der Waals surface area contributed by atoms with Gasteiger partial charge in [0.2, 0.25) is 0 Å². The van der Waals surface area contributed by atoms with Crippen molar-refractivity contribution in [3.8, 4) is 5.75 Å². The second-order valence-corrected chi connectivity index (χ2v) is 4.11. The van der Waals surface area contributed by atoms with Crippen LogP contribution in [0.3, 0.4) is 0 Å². The van der Waals surface area contributed by atoms with Crippen molar-refractivity contribution in [3.63, 3.8) is 0 Å². The molecule has 84 valence electrons. The van der Waals surface area contributed by atoms with E-state index >= 15 is 0 Å². The van der Waals surface area contributed by atoms with Gasteiger partial charge in [-0.15, -0.1) is 11.3 Å². The minimum absolute atomic E-state index is 0.793. The van der Waals surface area contributed by atoms with E-state index in [0.29, 0.717) is 0 Å². The molecule has 0 bridgehead atoms. The Morgan fingerprint density at radius 3 is 2.94 bits per heavy atom. The molecule has 0 aliphatic heterocycles. The van der Waals surface area contributed by atoms with Crippen LogP contribution in [0.4, 0.5) is 0 Å². The van der Waals surface area contributed by atoms with Gasteiger partial charge in [0.15, 0.2) is 0 Å². The van der Waals surface area contributed by atoms with Crippen LogP contribution in [-0.2, 0) is 13.1 Å². The molecule has 1 N–H and O–H groups in total. The number of methoxy groups -OCH3 is 1. The molecule has 1 heterocycles. The highest BCUT2D eigenvalue weighted by molar-refractivity contribution is 7.07. The van der Waals surface area contributed by atoms with Gasteiger partial charge in [0.1, 0.15) is 5.75 Å². The molecule has 0 aliphatic rings. The van der Waals surface area contributed by atoms with E-state index in [-0.39, 0.29) is 0 Å². The highest BCUT2D eigenvalue weighted by Crippen LogP contribution is 2.16. The number of hydrogen-bond donors (Lipinski definition) is 1. The van der Waals surface area contributed by atoms with Crippen LogP contribution in [0.25, 0.3) is 0 Å². The molecule has 0 unspecified atom stereocenters. The third-order valence-electron chi connectivity index (χ3n) is 2.30. The Morgan fingerprint density at radius 1 is 1.31 bits per heavy atom. The van der Waals surface area contributed by atoms with Gasteiger partial charge in [-0.3, -0.25) is 0 Å². The summed E-state index contributed by atoms with van der Waals surface area (Å²) in [6, 6.07) is 8.03. The lowest BCUT2D eigenvalue weighted by molar-refractivity contribution is 0.407. The fourth-order valence-electron chi connectivity index (χ4n) is 1.50. The summed E-state index contributed by atoms with van der Waals surface area (Å²) in [5, 5.41) is 5.39. The minimum Gasteiger partial charge on any atom is -0.496 e. The van der Waals surface area contributed by atoms with E-state index in [4.69, 9.17) is 4.74 Å².